The zero-order valence-corrected chi connectivity index (χ0v) is 15.4. The standard InChI is InChI=1S/C14H17N3O7S2/c1-8-5-10(15)13(24-2)7-11(8)16-17-12-6-9(25(18,19)20)3-4-14(12)26(21,22)23/h3-7,16-17H,15H2,1-2H3,(H,18,19,20)(H,21,22,23)/p+1. The first kappa shape index (κ1) is 19.9. The first-order chi connectivity index (χ1) is 11.9. The van der Waals surface area contributed by atoms with E-state index in [9.17, 15) is 21.4 Å². The molecule has 0 atom stereocenters. The molecule has 0 bridgehead atoms. The summed E-state index contributed by atoms with van der Waals surface area (Å²) in [4.78, 5) is -1.05. The van der Waals surface area contributed by atoms with E-state index in [0.29, 0.717) is 22.7 Å². The van der Waals surface area contributed by atoms with E-state index >= 15 is 0 Å². The van der Waals surface area contributed by atoms with Crippen molar-refractivity contribution in [3.63, 3.8) is 0 Å². The van der Waals surface area contributed by atoms with Crippen LogP contribution >= 0.6 is 0 Å². The minimum atomic E-state index is -4.62. The van der Waals surface area contributed by atoms with Crippen molar-refractivity contribution in [3.05, 3.63) is 35.9 Å². The van der Waals surface area contributed by atoms with E-state index in [1.54, 1.807) is 19.1 Å². The Morgan fingerprint density at radius 1 is 1.08 bits per heavy atom. The van der Waals surface area contributed by atoms with Crippen molar-refractivity contribution in [2.75, 3.05) is 18.3 Å². The third-order valence-electron chi connectivity index (χ3n) is 3.52. The topological polar surface area (TPSA) is 173 Å². The molecule has 0 saturated carbocycles. The summed E-state index contributed by atoms with van der Waals surface area (Å²) in [5, 5.41) is 0. The monoisotopic (exact) mass is 404 g/mol. The highest BCUT2D eigenvalue weighted by Crippen LogP contribution is 2.28. The maximum atomic E-state index is 11.5. The van der Waals surface area contributed by atoms with Crippen molar-refractivity contribution in [1.82, 2.24) is 0 Å². The Morgan fingerprint density at radius 2 is 1.73 bits per heavy atom. The van der Waals surface area contributed by atoms with Gasteiger partial charge >= 0.3 is 10.1 Å². The van der Waals surface area contributed by atoms with Crippen LogP contribution in [0.5, 0.6) is 5.75 Å². The molecular weight excluding hydrogens is 386 g/mol. The van der Waals surface area contributed by atoms with Crippen LogP contribution in [-0.4, -0.2) is 33.1 Å². The Bertz CT molecular complexity index is 1050. The lowest BCUT2D eigenvalue weighted by molar-refractivity contribution is -0.541. The van der Waals surface area contributed by atoms with Crippen molar-refractivity contribution in [1.29, 1.82) is 0 Å². The third kappa shape index (κ3) is 4.42. The van der Waals surface area contributed by atoms with Gasteiger partial charge in [-0.15, -0.1) is 0 Å². The molecule has 7 N–H and O–H groups in total. The molecule has 0 unspecified atom stereocenters. The Kier molecular flexibility index (Phi) is 5.44. The highest BCUT2D eigenvalue weighted by Gasteiger charge is 2.23. The summed E-state index contributed by atoms with van der Waals surface area (Å²) in [6.45, 7) is 1.74. The lowest BCUT2D eigenvalue weighted by Crippen LogP contribution is -2.83. The number of hydrogen-bond donors (Lipinski definition) is 5. The van der Waals surface area contributed by atoms with Crippen LogP contribution in [0.4, 0.5) is 17.1 Å². The van der Waals surface area contributed by atoms with Gasteiger partial charge in [0.05, 0.1) is 23.4 Å². The van der Waals surface area contributed by atoms with Gasteiger partial charge < -0.3 is 10.5 Å². The van der Waals surface area contributed by atoms with Crippen LogP contribution < -0.4 is 21.3 Å². The molecule has 0 heterocycles. The van der Waals surface area contributed by atoms with E-state index in [-0.39, 0.29) is 5.69 Å². The number of hydrogen-bond acceptors (Lipinski definition) is 7. The number of nitrogens with one attached hydrogen (secondary N) is 1. The van der Waals surface area contributed by atoms with E-state index in [0.717, 1.165) is 18.2 Å². The predicted molar refractivity (Wildman–Crippen MR) is 93.4 cm³/mol. The highest BCUT2D eigenvalue weighted by atomic mass is 32.2. The van der Waals surface area contributed by atoms with Crippen molar-refractivity contribution >= 4 is 37.3 Å². The van der Waals surface area contributed by atoms with Crippen LogP contribution in [-0.2, 0) is 20.2 Å². The van der Waals surface area contributed by atoms with Gasteiger partial charge in [0, 0.05) is 12.1 Å². The molecule has 0 aromatic heterocycles. The van der Waals surface area contributed by atoms with E-state index in [1.165, 1.54) is 12.5 Å². The molecule has 12 heteroatoms. The fourth-order valence-corrected chi connectivity index (χ4v) is 3.40. The smallest absolute Gasteiger partial charge is 0.300 e. The van der Waals surface area contributed by atoms with Gasteiger partial charge in [-0.2, -0.15) is 16.8 Å². The maximum absolute atomic E-state index is 11.5. The Balaban J connectivity index is 2.45. The second-order valence-electron chi connectivity index (χ2n) is 5.35. The van der Waals surface area contributed by atoms with Gasteiger partial charge in [-0.25, -0.2) is 10.9 Å². The van der Waals surface area contributed by atoms with Crippen molar-refractivity contribution in [2.24, 2.45) is 0 Å². The fraction of sp³-hybridized carbons (Fsp3) is 0.143. The summed E-state index contributed by atoms with van der Waals surface area (Å²) in [5.41, 5.74) is 11.2. The predicted octanol–water partition coefficient (Wildman–Crippen LogP) is 0.301. The van der Waals surface area contributed by atoms with Crippen LogP contribution in [0.3, 0.4) is 0 Å². The number of methoxy groups -OCH3 is 1. The lowest BCUT2D eigenvalue weighted by Gasteiger charge is -2.13. The van der Waals surface area contributed by atoms with Crippen LogP contribution in [0, 0.1) is 6.92 Å². The number of nitrogens with two attached hydrogens (primary N) is 2. The van der Waals surface area contributed by atoms with E-state index in [2.05, 4.69) is 5.43 Å². The van der Waals surface area contributed by atoms with Crippen LogP contribution in [0.1, 0.15) is 5.56 Å². The van der Waals surface area contributed by atoms with Crippen molar-refractivity contribution in [3.8, 4) is 5.75 Å². The van der Waals surface area contributed by atoms with Gasteiger partial charge in [-0.3, -0.25) is 9.11 Å². The first-order valence-electron chi connectivity index (χ1n) is 7.06. The second-order valence-corrected chi connectivity index (χ2v) is 8.16. The molecule has 0 amide bonds. The van der Waals surface area contributed by atoms with Crippen molar-refractivity contribution in [2.45, 2.75) is 16.7 Å². The minimum absolute atomic E-state index is 0.169. The number of aryl methyl sites for hydroxylation is 1. The lowest BCUT2D eigenvalue weighted by atomic mass is 10.1. The number of anilines is 2. The van der Waals surface area contributed by atoms with Gasteiger partial charge in [-0.05, 0) is 30.7 Å². The molecule has 0 spiro atoms. The van der Waals surface area contributed by atoms with Crippen LogP contribution in [0.2, 0.25) is 0 Å². The van der Waals surface area contributed by atoms with E-state index in [1.807, 2.05) is 0 Å². The maximum Gasteiger partial charge on any atom is 0.300 e. The summed E-state index contributed by atoms with van der Waals surface area (Å²) in [7, 11) is -7.75. The minimum Gasteiger partial charge on any atom is -0.495 e. The normalized spacial score (nSPS) is 12.0. The molecule has 0 saturated heterocycles. The summed E-state index contributed by atoms with van der Waals surface area (Å²) in [6.07, 6.45) is 0. The molecule has 0 radical (unpaired) electrons. The number of rotatable bonds is 6. The molecule has 0 fully saturated rings. The van der Waals surface area contributed by atoms with E-state index < -0.39 is 30.0 Å². The van der Waals surface area contributed by atoms with Crippen LogP contribution in [0.25, 0.3) is 0 Å². The molecule has 2 rings (SSSR count). The molecule has 26 heavy (non-hydrogen) atoms. The fourth-order valence-electron chi connectivity index (χ4n) is 2.23. The summed E-state index contributed by atoms with van der Waals surface area (Å²) in [5.74, 6) is 0.383. The SMILES string of the molecule is COc1cc(N[NH2+]c2cc(S(=O)(=O)O)ccc2S(=O)(=O)O)c(C)cc1N. The molecular formula is C14H18N3O7S2+. The molecule has 0 aliphatic rings. The Hall–Kier alpha value is -2.38. The average molecular weight is 404 g/mol. The summed E-state index contributed by atoms with van der Waals surface area (Å²) in [6, 6.07) is 5.86. The molecule has 0 aliphatic carbocycles. The van der Waals surface area contributed by atoms with Gasteiger partial charge in [0.2, 0.25) is 0 Å². The Labute approximate surface area is 150 Å². The summed E-state index contributed by atoms with van der Waals surface area (Å²) >= 11 is 0. The van der Waals surface area contributed by atoms with Crippen LogP contribution in [0.15, 0.2) is 40.1 Å². The largest absolute Gasteiger partial charge is 0.495 e. The van der Waals surface area contributed by atoms with Crippen molar-refractivity contribution < 1.29 is 36.1 Å². The molecule has 10 nitrogen and oxygen atoms in total. The molecule has 2 aromatic rings. The quantitative estimate of drug-likeness (QED) is 0.196. The molecule has 142 valence electrons. The first-order valence-corrected chi connectivity index (χ1v) is 9.94. The summed E-state index contributed by atoms with van der Waals surface area (Å²) < 4.78 is 69.1. The number of benzene rings is 2. The number of nitrogen functional groups attached to an aromatic ring is 2. The molecule has 0 aliphatic heterocycles. The number of ether oxygens (including phenoxy) is 1. The van der Waals surface area contributed by atoms with Gasteiger partial charge in [0.15, 0.2) is 10.6 Å². The van der Waals surface area contributed by atoms with Gasteiger partial charge in [0.25, 0.3) is 10.1 Å². The van der Waals surface area contributed by atoms with E-state index in [4.69, 9.17) is 15.0 Å². The Morgan fingerprint density at radius 3 is 2.27 bits per heavy atom. The number of quaternary nitrogens is 1. The van der Waals surface area contributed by atoms with Gasteiger partial charge in [0.1, 0.15) is 5.75 Å². The second kappa shape index (κ2) is 7.09. The average Bonchev–Trinajstić information content (AvgIpc) is 2.52. The zero-order valence-electron chi connectivity index (χ0n) is 13.8. The zero-order chi connectivity index (χ0) is 19.7. The highest BCUT2D eigenvalue weighted by molar-refractivity contribution is 7.86. The van der Waals surface area contributed by atoms with Gasteiger partial charge in [-0.1, -0.05) is 0 Å². The third-order valence-corrected chi connectivity index (χ3v) is 5.29. The molecule has 2 aromatic carbocycles.